The molecule has 2 fully saturated rings. The van der Waals surface area contributed by atoms with E-state index in [4.69, 9.17) is 4.98 Å². The summed E-state index contributed by atoms with van der Waals surface area (Å²) < 4.78 is 0. The first-order chi connectivity index (χ1) is 16.6. The van der Waals surface area contributed by atoms with Gasteiger partial charge in [-0.2, -0.15) is 5.26 Å². The van der Waals surface area contributed by atoms with Crippen molar-refractivity contribution in [1.29, 1.82) is 5.26 Å². The van der Waals surface area contributed by atoms with E-state index in [9.17, 15) is 5.26 Å². The molecule has 1 heterocycles. The van der Waals surface area contributed by atoms with Gasteiger partial charge in [-0.3, -0.25) is 4.98 Å². The molecule has 2 saturated carbocycles. The van der Waals surface area contributed by atoms with Crippen molar-refractivity contribution in [1.82, 2.24) is 4.98 Å². The molecule has 0 saturated heterocycles. The van der Waals surface area contributed by atoms with Crippen molar-refractivity contribution in [2.45, 2.75) is 90.9 Å². The maximum Gasteiger partial charge on any atom is 0.100 e. The summed E-state index contributed by atoms with van der Waals surface area (Å²) in [4.78, 5) is 4.96. The largest absolute Gasteiger partial charge is 0.256 e. The number of rotatable bonds is 7. The van der Waals surface area contributed by atoms with Crippen LogP contribution in [0.25, 0.3) is 11.1 Å². The van der Waals surface area contributed by atoms with Crippen LogP contribution in [0.5, 0.6) is 0 Å². The van der Waals surface area contributed by atoms with Crippen molar-refractivity contribution in [3.05, 3.63) is 64.5 Å². The number of allylic oxidation sites excluding steroid dienone is 2. The minimum absolute atomic E-state index is 0.466. The van der Waals surface area contributed by atoms with Crippen LogP contribution < -0.4 is 0 Å². The van der Waals surface area contributed by atoms with Gasteiger partial charge in [0, 0.05) is 6.20 Å². The Bertz CT molecular complexity index is 1080. The van der Waals surface area contributed by atoms with Gasteiger partial charge in [-0.05, 0) is 102 Å². The van der Waals surface area contributed by atoms with E-state index < -0.39 is 0 Å². The molecule has 1 aromatic heterocycles. The Morgan fingerprint density at radius 2 is 1.82 bits per heavy atom. The Morgan fingerprint density at radius 3 is 2.47 bits per heavy atom. The molecule has 0 spiro atoms. The molecule has 2 heteroatoms. The van der Waals surface area contributed by atoms with Crippen LogP contribution in [0, 0.1) is 35.0 Å². The van der Waals surface area contributed by atoms with Gasteiger partial charge in [-0.1, -0.05) is 70.7 Å². The molecule has 3 aliphatic rings. The van der Waals surface area contributed by atoms with Gasteiger partial charge in [-0.25, -0.2) is 0 Å². The zero-order valence-corrected chi connectivity index (χ0v) is 21.3. The minimum Gasteiger partial charge on any atom is -0.256 e. The molecule has 5 rings (SSSR count). The van der Waals surface area contributed by atoms with E-state index in [1.165, 1.54) is 67.2 Å². The number of aryl methyl sites for hydroxylation is 2. The summed E-state index contributed by atoms with van der Waals surface area (Å²) in [5.74, 6) is 3.59. The predicted octanol–water partition coefficient (Wildman–Crippen LogP) is 8.37. The van der Waals surface area contributed by atoms with Gasteiger partial charge in [0.25, 0.3) is 0 Å². The smallest absolute Gasteiger partial charge is 0.100 e. The average molecular weight is 453 g/mol. The first-order valence-corrected chi connectivity index (χ1v) is 13.8. The highest BCUT2D eigenvalue weighted by Gasteiger charge is 2.36. The van der Waals surface area contributed by atoms with E-state index in [1.54, 1.807) is 0 Å². The maximum atomic E-state index is 10.4. The van der Waals surface area contributed by atoms with Crippen LogP contribution in [-0.4, -0.2) is 4.98 Å². The molecule has 0 radical (unpaired) electrons. The first-order valence-electron chi connectivity index (χ1n) is 13.8. The van der Waals surface area contributed by atoms with Crippen molar-refractivity contribution >= 4 is 11.1 Å². The third-order valence-electron chi connectivity index (χ3n) is 9.23. The third-order valence-corrected chi connectivity index (χ3v) is 9.23. The molecule has 0 bridgehead atoms. The van der Waals surface area contributed by atoms with E-state index in [1.807, 2.05) is 0 Å². The second-order valence-corrected chi connectivity index (χ2v) is 11.3. The number of aromatic nitrogens is 1. The number of pyridine rings is 1. The van der Waals surface area contributed by atoms with Gasteiger partial charge >= 0.3 is 0 Å². The van der Waals surface area contributed by atoms with Crippen LogP contribution >= 0.6 is 0 Å². The zero-order chi connectivity index (χ0) is 23.7. The van der Waals surface area contributed by atoms with Gasteiger partial charge in [0.1, 0.15) is 6.07 Å². The first kappa shape index (κ1) is 23.3. The molecule has 2 nitrogen and oxygen atoms in total. The third kappa shape index (κ3) is 4.72. The summed E-state index contributed by atoms with van der Waals surface area (Å²) in [7, 11) is 0. The molecule has 2 aromatic rings. The standard InChI is InChI=1S/C32H40N2/c1-4-23-11-15-27-29(17-23)22(3)28(26-7-5-6-8-26)18-30(31(27)19-33)32-16-12-24(20-34-32)10-9-21(2)25-13-14-25/h11-12,15-17,20-22,25-26,28H,4-10,13-14,18H2,1-3H3. The molecule has 0 amide bonds. The monoisotopic (exact) mass is 452 g/mol. The number of benzene rings is 1. The average Bonchev–Trinajstić information content (AvgIpc) is 3.61. The second-order valence-electron chi connectivity index (χ2n) is 11.3. The van der Waals surface area contributed by atoms with Crippen LogP contribution in [0.1, 0.15) is 106 Å². The van der Waals surface area contributed by atoms with Crippen molar-refractivity contribution in [2.75, 3.05) is 0 Å². The lowest BCUT2D eigenvalue weighted by molar-refractivity contribution is 0.301. The van der Waals surface area contributed by atoms with E-state index in [0.717, 1.165) is 53.8 Å². The summed E-state index contributed by atoms with van der Waals surface area (Å²) in [5, 5.41) is 10.4. The SMILES string of the molecule is CCc1ccc2c(c1)C(C)C(C1CCCC1)CC(c1ccc(CCC(C)C3CC3)cn1)=C2C#N. The Kier molecular flexibility index (Phi) is 6.91. The zero-order valence-electron chi connectivity index (χ0n) is 21.3. The van der Waals surface area contributed by atoms with E-state index in [2.05, 4.69) is 63.4 Å². The molecular weight excluding hydrogens is 412 g/mol. The van der Waals surface area contributed by atoms with Crippen LogP contribution in [0.2, 0.25) is 0 Å². The molecule has 0 N–H and O–H groups in total. The van der Waals surface area contributed by atoms with Gasteiger partial charge in [0.2, 0.25) is 0 Å². The van der Waals surface area contributed by atoms with Crippen LogP contribution in [-0.2, 0) is 12.8 Å². The van der Waals surface area contributed by atoms with Gasteiger partial charge < -0.3 is 0 Å². The number of hydrogen-bond donors (Lipinski definition) is 0. The van der Waals surface area contributed by atoms with Crippen LogP contribution in [0.4, 0.5) is 0 Å². The summed E-state index contributed by atoms with van der Waals surface area (Å²) in [6.45, 7) is 7.04. The van der Waals surface area contributed by atoms with Crippen LogP contribution in [0.3, 0.4) is 0 Å². The van der Waals surface area contributed by atoms with Crippen molar-refractivity contribution in [3.8, 4) is 6.07 Å². The van der Waals surface area contributed by atoms with E-state index in [0.29, 0.717) is 11.8 Å². The quantitative estimate of drug-likeness (QED) is 0.423. The summed E-state index contributed by atoms with van der Waals surface area (Å²) >= 11 is 0. The number of fused-ring (bicyclic) bond motifs is 1. The molecular formula is C32H40N2. The summed E-state index contributed by atoms with van der Waals surface area (Å²) in [6.07, 6.45) is 14.7. The number of nitriles is 1. The summed E-state index contributed by atoms with van der Waals surface area (Å²) in [5.41, 5.74) is 8.27. The molecule has 3 unspecified atom stereocenters. The Labute approximate surface area is 206 Å². The fourth-order valence-electron chi connectivity index (χ4n) is 6.71. The lowest BCUT2D eigenvalue weighted by Gasteiger charge is -2.29. The van der Waals surface area contributed by atoms with Crippen molar-refractivity contribution in [3.63, 3.8) is 0 Å². The van der Waals surface area contributed by atoms with Gasteiger partial charge in [-0.15, -0.1) is 0 Å². The van der Waals surface area contributed by atoms with E-state index >= 15 is 0 Å². The Balaban J connectivity index is 1.50. The topological polar surface area (TPSA) is 36.7 Å². The maximum absolute atomic E-state index is 10.4. The second kappa shape index (κ2) is 10.1. The van der Waals surface area contributed by atoms with Crippen molar-refractivity contribution in [2.24, 2.45) is 23.7 Å². The normalized spacial score (nSPS) is 23.9. The molecule has 34 heavy (non-hydrogen) atoms. The predicted molar refractivity (Wildman–Crippen MR) is 141 cm³/mol. The number of nitrogens with zero attached hydrogens (tertiary/aromatic N) is 2. The highest BCUT2D eigenvalue weighted by molar-refractivity contribution is 5.98. The Hall–Kier alpha value is -2.40. The number of hydrogen-bond acceptors (Lipinski definition) is 2. The van der Waals surface area contributed by atoms with E-state index in [-0.39, 0.29) is 0 Å². The molecule has 3 atom stereocenters. The van der Waals surface area contributed by atoms with Gasteiger partial charge in [0.05, 0.1) is 11.3 Å². The molecule has 1 aromatic carbocycles. The minimum atomic E-state index is 0.466. The fourth-order valence-corrected chi connectivity index (χ4v) is 6.71. The van der Waals surface area contributed by atoms with Gasteiger partial charge in [0.15, 0.2) is 0 Å². The lowest BCUT2D eigenvalue weighted by atomic mass is 9.75. The molecule has 0 aliphatic heterocycles. The highest BCUT2D eigenvalue weighted by atomic mass is 14.7. The Morgan fingerprint density at radius 1 is 1.06 bits per heavy atom. The molecule has 3 aliphatic carbocycles. The fraction of sp³-hybridized carbons (Fsp3) is 0.562. The van der Waals surface area contributed by atoms with Crippen LogP contribution in [0.15, 0.2) is 36.5 Å². The highest BCUT2D eigenvalue weighted by Crippen LogP contribution is 2.49. The lowest BCUT2D eigenvalue weighted by Crippen LogP contribution is -2.19. The van der Waals surface area contributed by atoms with Crippen molar-refractivity contribution < 1.29 is 0 Å². The summed E-state index contributed by atoms with van der Waals surface area (Å²) in [6, 6.07) is 13.9. The molecule has 178 valence electrons.